The first-order valence-electron chi connectivity index (χ1n) is 9.06. The quantitative estimate of drug-likeness (QED) is 0.537. The number of fused-ring (bicyclic) bond motifs is 2. The third-order valence-electron chi connectivity index (χ3n) is 5.36. The molecule has 0 saturated heterocycles. The van der Waals surface area contributed by atoms with E-state index in [1.54, 1.807) is 48.5 Å². The molecule has 0 heterocycles. The topological polar surface area (TPSA) is 115 Å². The van der Waals surface area contributed by atoms with Gasteiger partial charge in [-0.1, -0.05) is 48.5 Å². The Balaban J connectivity index is 2.06. The number of benzene rings is 3. The van der Waals surface area contributed by atoms with E-state index in [0.717, 1.165) is 0 Å². The molecule has 6 nitrogen and oxygen atoms in total. The van der Waals surface area contributed by atoms with Crippen LogP contribution in [0.4, 0.5) is 0 Å². The summed E-state index contributed by atoms with van der Waals surface area (Å²) in [5, 5.41) is 42.9. The van der Waals surface area contributed by atoms with Gasteiger partial charge in [0.25, 0.3) is 0 Å². The second-order valence-corrected chi connectivity index (χ2v) is 7.04. The predicted octanol–water partition coefficient (Wildman–Crippen LogP) is 1.49. The largest absolute Gasteiger partial charge is 0.507 e. The van der Waals surface area contributed by atoms with Gasteiger partial charge in [0.2, 0.25) is 0 Å². The SMILES string of the molecule is O=C(O)c1c(O)cc2ccccc2c1CC1=c2ccccc2=CC(O)C1C(=O)O. The number of hydrogen-bond donors (Lipinski definition) is 4. The lowest BCUT2D eigenvalue weighted by Gasteiger charge is -2.25. The lowest BCUT2D eigenvalue weighted by molar-refractivity contribution is -0.141. The second kappa shape index (κ2) is 7.07. The maximum atomic E-state index is 12.0. The highest BCUT2D eigenvalue weighted by atomic mass is 16.4. The van der Waals surface area contributed by atoms with Crippen LogP contribution in [0.25, 0.3) is 22.4 Å². The summed E-state index contributed by atoms with van der Waals surface area (Å²) >= 11 is 0. The predicted molar refractivity (Wildman–Crippen MR) is 107 cm³/mol. The Kier molecular flexibility index (Phi) is 4.56. The molecule has 0 bridgehead atoms. The minimum Gasteiger partial charge on any atom is -0.507 e. The van der Waals surface area contributed by atoms with E-state index >= 15 is 0 Å². The minimum absolute atomic E-state index is 0.0323. The van der Waals surface area contributed by atoms with Crippen molar-refractivity contribution in [1.82, 2.24) is 0 Å². The number of aromatic carboxylic acids is 1. The van der Waals surface area contributed by atoms with E-state index in [4.69, 9.17) is 0 Å². The molecule has 0 spiro atoms. The number of aliphatic hydroxyl groups is 1. The molecule has 29 heavy (non-hydrogen) atoms. The van der Waals surface area contributed by atoms with E-state index in [0.29, 0.717) is 32.3 Å². The van der Waals surface area contributed by atoms with Crippen LogP contribution in [-0.2, 0) is 11.2 Å². The van der Waals surface area contributed by atoms with Gasteiger partial charge in [0.1, 0.15) is 17.2 Å². The summed E-state index contributed by atoms with van der Waals surface area (Å²) < 4.78 is 0. The number of carboxylic acids is 2. The summed E-state index contributed by atoms with van der Waals surface area (Å²) in [7, 11) is 0. The Morgan fingerprint density at radius 3 is 2.38 bits per heavy atom. The van der Waals surface area contributed by atoms with Crippen molar-refractivity contribution in [2.24, 2.45) is 5.92 Å². The van der Waals surface area contributed by atoms with E-state index in [9.17, 15) is 30.0 Å². The highest BCUT2D eigenvalue weighted by Gasteiger charge is 2.33. The molecule has 0 aliphatic heterocycles. The van der Waals surface area contributed by atoms with Crippen molar-refractivity contribution in [3.8, 4) is 5.75 Å². The van der Waals surface area contributed by atoms with Crippen LogP contribution in [0, 0.1) is 5.92 Å². The standard InChI is InChI=1S/C23H18O6/c24-18-9-12-5-1-3-7-14(12)16(20(18)22(26)27)11-17-15-8-4-2-6-13(15)10-19(25)21(17)23(28)29/h1-10,18,20,24-25H,11H2,(H,26,27)(H,28,29). The van der Waals surface area contributed by atoms with Crippen molar-refractivity contribution in [1.29, 1.82) is 0 Å². The molecule has 3 aromatic rings. The van der Waals surface area contributed by atoms with Crippen LogP contribution < -0.4 is 10.4 Å². The average Bonchev–Trinajstić information content (AvgIpc) is 2.67. The number of rotatable bonds is 4. The Morgan fingerprint density at radius 2 is 1.66 bits per heavy atom. The zero-order chi connectivity index (χ0) is 20.7. The van der Waals surface area contributed by atoms with Crippen molar-refractivity contribution in [3.05, 3.63) is 76.2 Å². The Morgan fingerprint density at radius 1 is 0.966 bits per heavy atom. The van der Waals surface area contributed by atoms with Crippen LogP contribution in [0.5, 0.6) is 5.75 Å². The van der Waals surface area contributed by atoms with Crippen molar-refractivity contribution >= 4 is 34.4 Å². The van der Waals surface area contributed by atoms with Crippen LogP contribution >= 0.6 is 0 Å². The van der Waals surface area contributed by atoms with Crippen LogP contribution in [-0.4, -0.2) is 38.5 Å². The molecule has 0 fully saturated rings. The molecule has 146 valence electrons. The van der Waals surface area contributed by atoms with Gasteiger partial charge in [0.15, 0.2) is 0 Å². The number of hydrogen-bond acceptors (Lipinski definition) is 4. The second-order valence-electron chi connectivity index (χ2n) is 7.04. The molecule has 0 amide bonds. The average molecular weight is 390 g/mol. The zero-order valence-corrected chi connectivity index (χ0v) is 15.2. The van der Waals surface area contributed by atoms with E-state index in [1.165, 1.54) is 12.1 Å². The first kappa shape index (κ1) is 18.7. The van der Waals surface area contributed by atoms with E-state index < -0.39 is 24.0 Å². The van der Waals surface area contributed by atoms with Gasteiger partial charge in [-0.15, -0.1) is 0 Å². The maximum absolute atomic E-state index is 12.0. The van der Waals surface area contributed by atoms with Crippen LogP contribution in [0.2, 0.25) is 0 Å². The molecule has 6 heteroatoms. The first-order chi connectivity index (χ1) is 13.9. The van der Waals surface area contributed by atoms with Gasteiger partial charge in [-0.05, 0) is 50.9 Å². The molecular weight excluding hydrogens is 372 g/mol. The maximum Gasteiger partial charge on any atom is 0.339 e. The first-order valence-corrected chi connectivity index (χ1v) is 9.06. The van der Waals surface area contributed by atoms with Gasteiger partial charge in [-0.2, -0.15) is 0 Å². The van der Waals surface area contributed by atoms with Crippen molar-refractivity contribution in [2.45, 2.75) is 12.5 Å². The van der Waals surface area contributed by atoms with Crippen molar-refractivity contribution in [3.63, 3.8) is 0 Å². The molecule has 2 atom stereocenters. The Hall–Kier alpha value is -3.64. The van der Waals surface area contributed by atoms with Gasteiger partial charge in [0, 0.05) is 0 Å². The monoisotopic (exact) mass is 390 g/mol. The normalized spacial score (nSPS) is 18.2. The van der Waals surface area contributed by atoms with E-state index in [2.05, 4.69) is 0 Å². The van der Waals surface area contributed by atoms with Crippen LogP contribution in [0.1, 0.15) is 15.9 Å². The Bertz CT molecular complexity index is 1270. The molecule has 0 aromatic heterocycles. The van der Waals surface area contributed by atoms with Crippen LogP contribution in [0.3, 0.4) is 0 Å². The van der Waals surface area contributed by atoms with E-state index in [-0.39, 0.29) is 17.7 Å². The molecule has 4 rings (SSSR count). The molecule has 0 radical (unpaired) electrons. The number of aromatic hydroxyl groups is 1. The summed E-state index contributed by atoms with van der Waals surface area (Å²) in [4.78, 5) is 23.9. The fourth-order valence-corrected chi connectivity index (χ4v) is 4.11. The third kappa shape index (κ3) is 3.13. The van der Waals surface area contributed by atoms with Gasteiger partial charge in [-0.25, -0.2) is 4.79 Å². The highest BCUT2D eigenvalue weighted by molar-refractivity contribution is 6.02. The summed E-state index contributed by atoms with van der Waals surface area (Å²) in [6.45, 7) is 0. The number of phenols is 1. The molecule has 0 saturated carbocycles. The highest BCUT2D eigenvalue weighted by Crippen LogP contribution is 2.34. The van der Waals surface area contributed by atoms with Crippen LogP contribution in [0.15, 0.2) is 54.6 Å². The lowest BCUT2D eigenvalue weighted by Crippen LogP contribution is -2.42. The summed E-state index contributed by atoms with van der Waals surface area (Å²) in [5.74, 6) is -4.09. The lowest BCUT2D eigenvalue weighted by atomic mass is 9.81. The summed E-state index contributed by atoms with van der Waals surface area (Å²) in [6.07, 6.45) is 0.223. The van der Waals surface area contributed by atoms with E-state index in [1.807, 2.05) is 0 Å². The summed E-state index contributed by atoms with van der Waals surface area (Å²) in [5.41, 5.74) is 0.460. The fourth-order valence-electron chi connectivity index (χ4n) is 4.11. The Labute approximate surface area is 165 Å². The number of carbonyl (C=O) groups is 2. The smallest absolute Gasteiger partial charge is 0.339 e. The molecular formula is C23H18O6. The molecule has 1 aliphatic rings. The number of aliphatic carboxylic acids is 1. The van der Waals surface area contributed by atoms with Gasteiger partial charge in [0.05, 0.1) is 6.10 Å². The van der Waals surface area contributed by atoms with Gasteiger partial charge in [-0.3, -0.25) is 4.79 Å². The number of carboxylic acid groups (broad SMARTS) is 2. The minimum atomic E-state index is -1.30. The van der Waals surface area contributed by atoms with Crippen molar-refractivity contribution < 1.29 is 30.0 Å². The molecule has 2 unspecified atom stereocenters. The molecule has 4 N–H and O–H groups in total. The zero-order valence-electron chi connectivity index (χ0n) is 15.2. The molecule has 3 aromatic carbocycles. The molecule has 1 aliphatic carbocycles. The van der Waals surface area contributed by atoms with Gasteiger partial charge < -0.3 is 20.4 Å². The fraction of sp³-hybridized carbons (Fsp3) is 0.130. The van der Waals surface area contributed by atoms with Gasteiger partial charge >= 0.3 is 11.9 Å². The number of aliphatic hydroxyl groups excluding tert-OH is 1. The summed E-state index contributed by atoms with van der Waals surface area (Å²) in [6, 6.07) is 15.5. The third-order valence-corrected chi connectivity index (χ3v) is 5.36. The van der Waals surface area contributed by atoms with Crippen molar-refractivity contribution in [2.75, 3.05) is 0 Å².